The van der Waals surface area contributed by atoms with Gasteiger partial charge in [-0.25, -0.2) is 4.79 Å². The van der Waals surface area contributed by atoms with Gasteiger partial charge in [-0.05, 0) is 47.7 Å². The average Bonchev–Trinajstić information content (AvgIpc) is 3.40. The maximum atomic E-state index is 12.0. The molecule has 3 aromatic carbocycles. The number of thioether (sulfide) groups is 1. The predicted octanol–water partition coefficient (Wildman–Crippen LogP) is 6.11. The number of rotatable bonds is 11. The van der Waals surface area contributed by atoms with Gasteiger partial charge < -0.3 is 23.7 Å². The Hall–Kier alpha value is -4.55. The maximum Gasteiger partial charge on any atom is 0.342 e. The molecule has 0 saturated carbocycles. The number of hydrogen-bond acceptors (Lipinski definition) is 10. The lowest BCUT2D eigenvalue weighted by atomic mass is 10.1. The molecule has 0 bridgehead atoms. The molecule has 0 atom stereocenters. The van der Waals surface area contributed by atoms with E-state index in [1.807, 2.05) is 30.3 Å². The van der Waals surface area contributed by atoms with Crippen LogP contribution in [0.2, 0.25) is 5.02 Å². The van der Waals surface area contributed by atoms with Crippen LogP contribution in [-0.2, 0) is 11.4 Å². The van der Waals surface area contributed by atoms with Gasteiger partial charge in [0.2, 0.25) is 0 Å². The van der Waals surface area contributed by atoms with Crippen LogP contribution in [0.15, 0.2) is 75.2 Å². The monoisotopic (exact) mass is 569 g/mol. The number of aromatic nitrogens is 2. The lowest BCUT2D eigenvalue weighted by molar-refractivity contribution is -0.385. The van der Waals surface area contributed by atoms with Gasteiger partial charge in [-0.2, -0.15) is 0 Å². The van der Waals surface area contributed by atoms with Crippen LogP contribution in [0.25, 0.3) is 17.5 Å². The van der Waals surface area contributed by atoms with Crippen molar-refractivity contribution in [2.24, 2.45) is 0 Å². The van der Waals surface area contributed by atoms with Crippen molar-refractivity contribution in [2.75, 3.05) is 14.2 Å². The molecule has 1 heterocycles. The number of benzene rings is 3. The summed E-state index contributed by atoms with van der Waals surface area (Å²) in [5, 5.41) is 29.8. The van der Waals surface area contributed by atoms with Crippen LogP contribution < -0.4 is 14.2 Å². The van der Waals surface area contributed by atoms with Crippen molar-refractivity contribution in [3.8, 4) is 28.7 Å². The molecule has 0 fully saturated rings. The number of nitrogens with zero attached hydrogens (tertiary/aromatic N) is 3. The second-order valence-corrected chi connectivity index (χ2v) is 9.16. The molecular formula is C26H20ClN3O8S. The highest BCUT2D eigenvalue weighted by Crippen LogP contribution is 2.39. The number of aliphatic carboxylic acids is 1. The van der Waals surface area contributed by atoms with Crippen molar-refractivity contribution in [2.45, 2.75) is 11.8 Å². The van der Waals surface area contributed by atoms with E-state index in [0.717, 1.165) is 11.6 Å². The smallest absolute Gasteiger partial charge is 0.342 e. The third-order valence-corrected chi connectivity index (χ3v) is 6.33. The topological polar surface area (TPSA) is 147 Å². The van der Waals surface area contributed by atoms with Crippen molar-refractivity contribution in [1.82, 2.24) is 10.2 Å². The minimum Gasteiger partial charge on any atom is -0.496 e. The van der Waals surface area contributed by atoms with E-state index in [0.29, 0.717) is 28.1 Å². The summed E-state index contributed by atoms with van der Waals surface area (Å²) in [5.41, 5.74) is 0.861. The Morgan fingerprint density at radius 3 is 2.49 bits per heavy atom. The fourth-order valence-electron chi connectivity index (χ4n) is 3.42. The van der Waals surface area contributed by atoms with Gasteiger partial charge in [0.25, 0.3) is 16.8 Å². The van der Waals surface area contributed by atoms with Crippen molar-refractivity contribution in [1.29, 1.82) is 0 Å². The number of nitro benzene ring substituents is 1. The van der Waals surface area contributed by atoms with Crippen LogP contribution in [-0.4, -0.2) is 40.4 Å². The number of halogens is 1. The Balaban J connectivity index is 1.65. The van der Waals surface area contributed by atoms with Crippen LogP contribution in [0, 0.1) is 10.1 Å². The molecule has 0 aliphatic heterocycles. The quantitative estimate of drug-likeness (QED) is 0.0964. The minimum absolute atomic E-state index is 0.0231. The summed E-state index contributed by atoms with van der Waals surface area (Å²) in [4.78, 5) is 23.0. The number of carboxylic acids is 1. The molecule has 4 rings (SSSR count). The number of ether oxygens (including phenoxy) is 3. The first-order valence-corrected chi connectivity index (χ1v) is 12.3. The van der Waals surface area contributed by atoms with Gasteiger partial charge in [-0.15, -0.1) is 10.2 Å². The van der Waals surface area contributed by atoms with E-state index >= 15 is 0 Å². The molecule has 13 heteroatoms. The summed E-state index contributed by atoms with van der Waals surface area (Å²) >= 11 is 6.69. The molecular weight excluding hydrogens is 550 g/mol. The van der Waals surface area contributed by atoms with Gasteiger partial charge in [-0.3, -0.25) is 10.1 Å². The third kappa shape index (κ3) is 6.67. The van der Waals surface area contributed by atoms with Crippen LogP contribution in [0.3, 0.4) is 0 Å². The highest BCUT2D eigenvalue weighted by molar-refractivity contribution is 8.03. The molecule has 1 N–H and O–H groups in total. The number of methoxy groups -OCH3 is 2. The van der Waals surface area contributed by atoms with Gasteiger partial charge in [0.05, 0.1) is 36.3 Å². The average molecular weight is 570 g/mol. The van der Waals surface area contributed by atoms with E-state index in [4.69, 9.17) is 30.2 Å². The predicted molar refractivity (Wildman–Crippen MR) is 143 cm³/mol. The maximum absolute atomic E-state index is 12.0. The van der Waals surface area contributed by atoms with Crippen LogP contribution >= 0.6 is 23.4 Å². The van der Waals surface area contributed by atoms with E-state index in [2.05, 4.69) is 10.2 Å². The zero-order valence-electron chi connectivity index (χ0n) is 20.5. The van der Waals surface area contributed by atoms with Crippen LogP contribution in [0.4, 0.5) is 5.69 Å². The first kappa shape index (κ1) is 27.5. The molecule has 39 heavy (non-hydrogen) atoms. The first-order valence-electron chi connectivity index (χ1n) is 11.1. The molecule has 200 valence electrons. The van der Waals surface area contributed by atoms with Crippen molar-refractivity contribution in [3.63, 3.8) is 0 Å². The molecule has 4 aromatic rings. The largest absolute Gasteiger partial charge is 0.496 e. The fraction of sp³-hybridized carbons (Fsp3) is 0.115. The van der Waals surface area contributed by atoms with Gasteiger partial charge >= 0.3 is 5.97 Å². The number of hydrogen-bond donors (Lipinski definition) is 1. The molecule has 0 aliphatic carbocycles. The first-order chi connectivity index (χ1) is 18.8. The molecule has 0 aliphatic rings. The van der Waals surface area contributed by atoms with Gasteiger partial charge in [0, 0.05) is 5.02 Å². The lowest BCUT2D eigenvalue weighted by Crippen LogP contribution is -2.02. The SMILES string of the molecule is COc1cc(/C=C(\Sc2nnc(-c3cc(Cl)ccc3OC)o2)C(=O)O)c([N+](=O)[O-])cc1OCc1ccccc1. The van der Waals surface area contributed by atoms with Crippen molar-refractivity contribution < 1.29 is 33.5 Å². The molecule has 0 saturated heterocycles. The fourth-order valence-corrected chi connectivity index (χ4v) is 4.26. The Kier molecular flexibility index (Phi) is 8.69. The minimum atomic E-state index is -1.36. The third-order valence-electron chi connectivity index (χ3n) is 5.24. The van der Waals surface area contributed by atoms with Crippen LogP contribution in [0.1, 0.15) is 11.1 Å². The standard InChI is InChI=1S/C26H20ClN3O8S/c1-35-20-9-8-17(27)12-18(20)24-28-29-26(38-24)39-23(25(31)32)11-16-10-21(36-2)22(13-19(16)30(33)34)37-14-15-6-4-3-5-7-15/h3-13H,14H2,1-2H3,(H,31,32)/b23-11-. The number of carboxylic acid groups (broad SMARTS) is 1. The second-order valence-electron chi connectivity index (χ2n) is 7.73. The van der Waals surface area contributed by atoms with E-state index in [1.165, 1.54) is 26.4 Å². The summed E-state index contributed by atoms with van der Waals surface area (Å²) in [5.74, 6) is -0.574. The van der Waals surface area contributed by atoms with Gasteiger partial charge in [0.15, 0.2) is 11.5 Å². The zero-order valence-corrected chi connectivity index (χ0v) is 22.1. The Morgan fingerprint density at radius 2 is 1.82 bits per heavy atom. The Labute approximate surface area is 231 Å². The summed E-state index contributed by atoms with van der Waals surface area (Å²) in [7, 11) is 2.84. The van der Waals surface area contributed by atoms with Gasteiger partial charge in [-0.1, -0.05) is 41.9 Å². The lowest BCUT2D eigenvalue weighted by Gasteiger charge is -2.12. The molecule has 0 radical (unpaired) electrons. The second kappa shape index (κ2) is 12.3. The van der Waals surface area contributed by atoms with E-state index in [-0.39, 0.29) is 45.4 Å². The van der Waals surface area contributed by atoms with Crippen molar-refractivity contribution in [3.05, 3.63) is 91.8 Å². The van der Waals surface area contributed by atoms with E-state index < -0.39 is 10.9 Å². The molecule has 0 amide bonds. The summed E-state index contributed by atoms with van der Waals surface area (Å²) < 4.78 is 22.0. The molecule has 0 unspecified atom stereocenters. The zero-order chi connectivity index (χ0) is 27.9. The van der Waals surface area contributed by atoms with Crippen molar-refractivity contribution >= 4 is 41.1 Å². The molecule has 11 nitrogen and oxygen atoms in total. The normalized spacial score (nSPS) is 11.2. The van der Waals surface area contributed by atoms with Gasteiger partial charge in [0.1, 0.15) is 17.3 Å². The highest BCUT2D eigenvalue weighted by atomic mass is 35.5. The van der Waals surface area contributed by atoms with E-state index in [9.17, 15) is 20.0 Å². The number of nitro groups is 1. The summed E-state index contributed by atoms with van der Waals surface area (Å²) in [6.45, 7) is 0.149. The summed E-state index contributed by atoms with van der Waals surface area (Å²) in [6.07, 6.45) is 1.12. The molecule has 0 spiro atoms. The number of carbonyl (C=O) groups is 1. The van der Waals surface area contributed by atoms with Crippen LogP contribution in [0.5, 0.6) is 17.2 Å². The summed E-state index contributed by atoms with van der Waals surface area (Å²) in [6, 6.07) is 16.6. The Morgan fingerprint density at radius 1 is 1.08 bits per heavy atom. The Bertz CT molecular complexity index is 1540. The highest BCUT2D eigenvalue weighted by Gasteiger charge is 2.23. The van der Waals surface area contributed by atoms with E-state index in [1.54, 1.807) is 18.2 Å². The molecule has 1 aromatic heterocycles.